The maximum atomic E-state index is 11.6. The molecule has 8 nitrogen and oxygen atoms in total. The number of nitrogens with zero attached hydrogens (tertiary/aromatic N) is 5. The van der Waals surface area contributed by atoms with Gasteiger partial charge in [-0.05, 0) is 30.4 Å². The average molecular weight is 356 g/mol. The van der Waals surface area contributed by atoms with E-state index in [-0.39, 0.29) is 11.5 Å². The number of rotatable bonds is 4. The summed E-state index contributed by atoms with van der Waals surface area (Å²) in [6.07, 6.45) is 1.10. The fourth-order valence-corrected chi connectivity index (χ4v) is 3.60. The van der Waals surface area contributed by atoms with Crippen molar-refractivity contribution in [2.24, 2.45) is 11.8 Å². The van der Waals surface area contributed by atoms with Crippen molar-refractivity contribution in [1.29, 1.82) is 0 Å². The molecule has 1 aliphatic rings. The van der Waals surface area contributed by atoms with Crippen molar-refractivity contribution in [3.05, 3.63) is 40.4 Å². The Labute approximate surface area is 152 Å². The molecule has 2 atom stereocenters. The molecule has 2 N–H and O–H groups in total. The molecule has 8 heteroatoms. The molecule has 3 rings (SSSR count). The largest absolute Gasteiger partial charge is 0.378 e. The van der Waals surface area contributed by atoms with E-state index in [1.165, 1.54) is 0 Å². The SMILES string of the molecule is C[C@@H]1C[C@H](C)CN(c2nc(N(C)c3ccccc3)nc(N)c2[N+](=O)[O-])C1. The minimum atomic E-state index is -0.485. The summed E-state index contributed by atoms with van der Waals surface area (Å²) in [4.78, 5) is 23.6. The topological polar surface area (TPSA) is 101 Å². The molecule has 0 spiro atoms. The highest BCUT2D eigenvalue weighted by atomic mass is 16.6. The Morgan fingerprint density at radius 3 is 2.38 bits per heavy atom. The molecule has 0 amide bonds. The van der Waals surface area contributed by atoms with Gasteiger partial charge in [0.05, 0.1) is 4.92 Å². The Bertz CT molecular complexity index is 788. The lowest BCUT2D eigenvalue weighted by molar-refractivity contribution is -0.383. The number of para-hydroxylation sites is 1. The zero-order valence-corrected chi connectivity index (χ0v) is 15.3. The van der Waals surface area contributed by atoms with Crippen molar-refractivity contribution in [1.82, 2.24) is 9.97 Å². The van der Waals surface area contributed by atoms with Gasteiger partial charge in [0.2, 0.25) is 17.6 Å². The lowest BCUT2D eigenvalue weighted by Crippen LogP contribution is -2.39. The molecule has 0 saturated carbocycles. The first kappa shape index (κ1) is 17.9. The smallest absolute Gasteiger partial charge is 0.353 e. The molecule has 138 valence electrons. The first-order valence-corrected chi connectivity index (χ1v) is 8.72. The molecule has 2 heterocycles. The second-order valence-corrected chi connectivity index (χ2v) is 7.08. The quantitative estimate of drug-likeness (QED) is 0.663. The minimum absolute atomic E-state index is 0.108. The number of piperidine rings is 1. The molecule has 1 aromatic carbocycles. The van der Waals surface area contributed by atoms with Gasteiger partial charge in [0, 0.05) is 25.8 Å². The zero-order valence-electron chi connectivity index (χ0n) is 15.3. The summed E-state index contributed by atoms with van der Waals surface area (Å²) in [5.74, 6) is 1.41. The third kappa shape index (κ3) is 3.54. The molecule has 0 aliphatic carbocycles. The third-order valence-corrected chi connectivity index (χ3v) is 4.68. The summed E-state index contributed by atoms with van der Waals surface area (Å²) in [5, 5.41) is 11.6. The van der Waals surface area contributed by atoms with E-state index < -0.39 is 4.92 Å². The summed E-state index contributed by atoms with van der Waals surface area (Å²) in [5.41, 5.74) is 6.64. The number of nitrogens with two attached hydrogens (primary N) is 1. The molecule has 1 aliphatic heterocycles. The van der Waals surface area contributed by atoms with Crippen LogP contribution in [0.3, 0.4) is 0 Å². The van der Waals surface area contributed by atoms with Gasteiger partial charge in [-0.3, -0.25) is 10.1 Å². The molecule has 0 radical (unpaired) electrons. The average Bonchev–Trinajstić information content (AvgIpc) is 2.60. The normalized spacial score (nSPS) is 20.0. The molecule has 26 heavy (non-hydrogen) atoms. The summed E-state index contributed by atoms with van der Waals surface area (Å²) in [6.45, 7) is 5.73. The van der Waals surface area contributed by atoms with Crippen LogP contribution in [0.25, 0.3) is 0 Å². The second kappa shape index (κ2) is 7.15. The van der Waals surface area contributed by atoms with Gasteiger partial charge in [-0.1, -0.05) is 32.0 Å². The van der Waals surface area contributed by atoms with Crippen LogP contribution < -0.4 is 15.5 Å². The van der Waals surface area contributed by atoms with E-state index in [0.29, 0.717) is 23.6 Å². The van der Waals surface area contributed by atoms with Crippen molar-refractivity contribution >= 4 is 29.0 Å². The predicted octanol–water partition coefficient (Wildman–Crippen LogP) is 3.22. The number of aromatic nitrogens is 2. The summed E-state index contributed by atoms with van der Waals surface area (Å²) >= 11 is 0. The number of hydrogen-bond acceptors (Lipinski definition) is 7. The van der Waals surface area contributed by atoms with Gasteiger partial charge >= 0.3 is 5.69 Å². The van der Waals surface area contributed by atoms with E-state index in [1.807, 2.05) is 42.3 Å². The van der Waals surface area contributed by atoms with Gasteiger partial charge in [0.15, 0.2) is 0 Å². The van der Waals surface area contributed by atoms with Crippen LogP contribution in [0, 0.1) is 22.0 Å². The van der Waals surface area contributed by atoms with Crippen LogP contribution in [0.15, 0.2) is 30.3 Å². The second-order valence-electron chi connectivity index (χ2n) is 7.08. The van der Waals surface area contributed by atoms with E-state index in [2.05, 4.69) is 23.8 Å². The summed E-state index contributed by atoms with van der Waals surface area (Å²) in [7, 11) is 1.82. The monoisotopic (exact) mass is 356 g/mol. The van der Waals surface area contributed by atoms with Gasteiger partial charge in [0.1, 0.15) is 0 Å². The Hall–Kier alpha value is -2.90. The molecule has 0 unspecified atom stereocenters. The van der Waals surface area contributed by atoms with Gasteiger partial charge in [0.25, 0.3) is 0 Å². The van der Waals surface area contributed by atoms with E-state index in [0.717, 1.165) is 25.2 Å². The number of nitro groups is 1. The zero-order chi connectivity index (χ0) is 18.8. The van der Waals surface area contributed by atoms with Crippen LogP contribution >= 0.6 is 0 Å². The van der Waals surface area contributed by atoms with Crippen molar-refractivity contribution in [2.45, 2.75) is 20.3 Å². The van der Waals surface area contributed by atoms with Crippen molar-refractivity contribution in [2.75, 3.05) is 35.7 Å². The Kier molecular flexibility index (Phi) is 4.92. The molecule has 2 aromatic rings. The van der Waals surface area contributed by atoms with Crippen molar-refractivity contribution in [3.63, 3.8) is 0 Å². The highest BCUT2D eigenvalue weighted by Crippen LogP contribution is 2.36. The van der Waals surface area contributed by atoms with E-state index in [4.69, 9.17) is 5.73 Å². The molecule has 0 bridgehead atoms. The number of benzene rings is 1. The van der Waals surface area contributed by atoms with Crippen LogP contribution in [0.2, 0.25) is 0 Å². The Balaban J connectivity index is 2.06. The van der Waals surface area contributed by atoms with Crippen LogP contribution in [-0.2, 0) is 0 Å². The molecular formula is C18H24N6O2. The standard InChI is InChI=1S/C18H24N6O2/c1-12-9-13(2)11-23(10-12)17-15(24(25)26)16(19)20-18(21-17)22(3)14-7-5-4-6-8-14/h4-8,12-13H,9-11H2,1-3H3,(H2,19,20,21)/t12-,13+. The third-order valence-electron chi connectivity index (χ3n) is 4.68. The van der Waals surface area contributed by atoms with Gasteiger partial charge in [-0.25, -0.2) is 0 Å². The van der Waals surface area contributed by atoms with Gasteiger partial charge < -0.3 is 15.5 Å². The fraction of sp³-hybridized carbons (Fsp3) is 0.444. The molecule has 1 aromatic heterocycles. The van der Waals surface area contributed by atoms with Crippen molar-refractivity contribution in [3.8, 4) is 0 Å². The number of hydrogen-bond donors (Lipinski definition) is 1. The maximum absolute atomic E-state index is 11.6. The maximum Gasteiger partial charge on any atom is 0.353 e. The first-order chi connectivity index (χ1) is 12.4. The molecule has 1 fully saturated rings. The lowest BCUT2D eigenvalue weighted by atomic mass is 9.92. The van der Waals surface area contributed by atoms with Crippen LogP contribution in [-0.4, -0.2) is 35.0 Å². The first-order valence-electron chi connectivity index (χ1n) is 8.72. The molecular weight excluding hydrogens is 332 g/mol. The highest BCUT2D eigenvalue weighted by Gasteiger charge is 2.32. The van der Waals surface area contributed by atoms with Crippen molar-refractivity contribution < 1.29 is 4.92 Å². The van der Waals surface area contributed by atoms with E-state index in [1.54, 1.807) is 4.90 Å². The Morgan fingerprint density at radius 2 is 1.81 bits per heavy atom. The predicted molar refractivity (Wildman–Crippen MR) is 103 cm³/mol. The minimum Gasteiger partial charge on any atom is -0.378 e. The molecule has 1 saturated heterocycles. The lowest BCUT2D eigenvalue weighted by Gasteiger charge is -2.35. The fourth-order valence-electron chi connectivity index (χ4n) is 3.60. The Morgan fingerprint density at radius 1 is 1.19 bits per heavy atom. The van der Waals surface area contributed by atoms with Crippen LogP contribution in [0.1, 0.15) is 20.3 Å². The van der Waals surface area contributed by atoms with Gasteiger partial charge in [-0.15, -0.1) is 0 Å². The van der Waals surface area contributed by atoms with E-state index >= 15 is 0 Å². The number of nitrogen functional groups attached to an aromatic ring is 1. The van der Waals surface area contributed by atoms with Gasteiger partial charge in [-0.2, -0.15) is 9.97 Å². The van der Waals surface area contributed by atoms with E-state index in [9.17, 15) is 10.1 Å². The number of anilines is 4. The van der Waals surface area contributed by atoms with Crippen LogP contribution in [0.5, 0.6) is 0 Å². The summed E-state index contributed by atoms with van der Waals surface area (Å²) in [6, 6.07) is 9.59. The van der Waals surface area contributed by atoms with Crippen LogP contribution in [0.4, 0.5) is 29.0 Å². The summed E-state index contributed by atoms with van der Waals surface area (Å²) < 4.78 is 0. The highest BCUT2D eigenvalue weighted by molar-refractivity contribution is 5.72.